The zero-order valence-electron chi connectivity index (χ0n) is 16.4. The summed E-state index contributed by atoms with van der Waals surface area (Å²) < 4.78 is 25.3. The smallest absolute Gasteiger partial charge is 0.335 e. The number of carboxylic acids is 1. The molecule has 1 N–H and O–H groups in total. The van der Waals surface area contributed by atoms with Crippen LogP contribution < -0.4 is 0 Å². The number of rotatable bonds is 5. The van der Waals surface area contributed by atoms with Gasteiger partial charge in [-0.05, 0) is 54.6 Å². The van der Waals surface area contributed by atoms with E-state index in [1.165, 1.54) is 18.2 Å². The number of carboxylic acid groups (broad SMARTS) is 1. The average Bonchev–Trinajstić information content (AvgIpc) is 3.19. The van der Waals surface area contributed by atoms with Crippen LogP contribution in [0.25, 0.3) is 28.2 Å². The van der Waals surface area contributed by atoms with Crippen LogP contribution in [-0.2, 0) is 9.84 Å². The van der Waals surface area contributed by atoms with Gasteiger partial charge in [0.05, 0.1) is 27.5 Å². The first-order valence-electron chi connectivity index (χ1n) is 9.22. The third-order valence-electron chi connectivity index (χ3n) is 4.76. The Morgan fingerprint density at radius 3 is 2.23 bits per heavy atom. The van der Waals surface area contributed by atoms with Crippen molar-refractivity contribution in [1.29, 1.82) is 0 Å². The first-order chi connectivity index (χ1) is 14.7. The zero-order valence-corrected chi connectivity index (χ0v) is 17.9. The lowest BCUT2D eigenvalue weighted by molar-refractivity contribution is 0.0697. The van der Waals surface area contributed by atoms with Crippen molar-refractivity contribution in [3.8, 4) is 28.2 Å². The molecule has 4 rings (SSSR count). The molecular weight excluding hydrogens is 436 g/mol. The van der Waals surface area contributed by atoms with E-state index in [9.17, 15) is 18.3 Å². The summed E-state index contributed by atoms with van der Waals surface area (Å²) >= 11 is 6.03. The molecule has 0 saturated carbocycles. The third kappa shape index (κ3) is 4.38. The first kappa shape index (κ1) is 20.8. The molecule has 0 amide bonds. The minimum absolute atomic E-state index is 0.164. The summed E-state index contributed by atoms with van der Waals surface area (Å²) in [5.41, 5.74) is 3.67. The van der Waals surface area contributed by atoms with Gasteiger partial charge >= 0.3 is 5.97 Å². The van der Waals surface area contributed by atoms with Gasteiger partial charge in [-0.25, -0.2) is 17.9 Å². The van der Waals surface area contributed by atoms with Crippen molar-refractivity contribution in [3.63, 3.8) is 0 Å². The number of halogens is 1. The van der Waals surface area contributed by atoms with Gasteiger partial charge in [0.25, 0.3) is 0 Å². The Labute approximate surface area is 184 Å². The Bertz CT molecular complexity index is 1380. The lowest BCUT2D eigenvalue weighted by Gasteiger charge is -2.08. The van der Waals surface area contributed by atoms with Crippen molar-refractivity contribution in [3.05, 3.63) is 89.4 Å². The van der Waals surface area contributed by atoms with Crippen molar-refractivity contribution in [2.24, 2.45) is 0 Å². The van der Waals surface area contributed by atoms with Gasteiger partial charge in [0.15, 0.2) is 9.84 Å². The maximum Gasteiger partial charge on any atom is 0.335 e. The minimum Gasteiger partial charge on any atom is -0.478 e. The van der Waals surface area contributed by atoms with Crippen LogP contribution in [0.1, 0.15) is 10.4 Å². The fourth-order valence-electron chi connectivity index (χ4n) is 3.19. The lowest BCUT2D eigenvalue weighted by Crippen LogP contribution is -2.01. The second kappa shape index (κ2) is 8.02. The largest absolute Gasteiger partial charge is 0.478 e. The molecule has 0 aliphatic carbocycles. The Morgan fingerprint density at radius 2 is 1.61 bits per heavy atom. The molecule has 156 valence electrons. The molecule has 1 aromatic heterocycles. The number of aromatic carboxylic acids is 1. The molecule has 0 radical (unpaired) electrons. The number of carbonyl (C=O) groups is 1. The van der Waals surface area contributed by atoms with Crippen LogP contribution in [0.5, 0.6) is 0 Å². The molecule has 0 atom stereocenters. The summed E-state index contributed by atoms with van der Waals surface area (Å²) in [7, 11) is -3.32. The SMILES string of the molecule is CS(=O)(=O)c1ccc(-n2nc(-c3cccc(C(=O)O)c3)cc2-c2ccc(Cl)cc2)cc1. The van der Waals surface area contributed by atoms with Crippen molar-refractivity contribution >= 4 is 27.4 Å². The van der Waals surface area contributed by atoms with E-state index < -0.39 is 15.8 Å². The molecule has 0 spiro atoms. The van der Waals surface area contributed by atoms with Crippen molar-refractivity contribution < 1.29 is 18.3 Å². The molecule has 0 fully saturated rings. The van der Waals surface area contributed by atoms with Crippen LogP contribution in [0.15, 0.2) is 83.8 Å². The number of hydrogen-bond acceptors (Lipinski definition) is 4. The summed E-state index contributed by atoms with van der Waals surface area (Å²) in [4.78, 5) is 11.6. The van der Waals surface area contributed by atoms with E-state index in [4.69, 9.17) is 11.6 Å². The molecule has 0 aliphatic rings. The lowest BCUT2D eigenvalue weighted by atomic mass is 10.1. The topological polar surface area (TPSA) is 89.3 Å². The first-order valence-corrected chi connectivity index (χ1v) is 11.5. The van der Waals surface area contributed by atoms with Crippen molar-refractivity contribution in [1.82, 2.24) is 9.78 Å². The van der Waals surface area contributed by atoms with Gasteiger partial charge in [0.2, 0.25) is 0 Å². The molecule has 1 heterocycles. The maximum absolute atomic E-state index is 11.8. The molecule has 3 aromatic carbocycles. The number of nitrogens with zero attached hydrogens (tertiary/aromatic N) is 2. The number of aromatic nitrogens is 2. The predicted molar refractivity (Wildman–Crippen MR) is 120 cm³/mol. The Morgan fingerprint density at radius 1 is 0.935 bits per heavy atom. The van der Waals surface area contributed by atoms with Gasteiger partial charge in [-0.2, -0.15) is 5.10 Å². The van der Waals surface area contributed by atoms with Crippen LogP contribution in [0, 0.1) is 0 Å². The van der Waals surface area contributed by atoms with Crippen LogP contribution in [0.3, 0.4) is 0 Å². The van der Waals surface area contributed by atoms with Crippen LogP contribution in [0.4, 0.5) is 0 Å². The Balaban J connectivity index is 1.88. The van der Waals surface area contributed by atoms with Crippen LogP contribution in [-0.4, -0.2) is 35.5 Å². The third-order valence-corrected chi connectivity index (χ3v) is 6.14. The van der Waals surface area contributed by atoms with E-state index in [-0.39, 0.29) is 10.5 Å². The molecule has 31 heavy (non-hydrogen) atoms. The monoisotopic (exact) mass is 452 g/mol. The number of hydrogen-bond donors (Lipinski definition) is 1. The van der Waals surface area contributed by atoms with Crippen LogP contribution in [0.2, 0.25) is 5.02 Å². The molecule has 8 heteroatoms. The quantitative estimate of drug-likeness (QED) is 0.462. The molecule has 0 saturated heterocycles. The summed E-state index contributed by atoms with van der Waals surface area (Å²) in [5, 5.41) is 14.6. The molecule has 0 bridgehead atoms. The predicted octanol–water partition coefficient (Wildman–Crippen LogP) is 4.96. The van der Waals surface area contributed by atoms with Gasteiger partial charge in [-0.3, -0.25) is 0 Å². The number of sulfone groups is 1. The van der Waals surface area contributed by atoms with Gasteiger partial charge in [-0.1, -0.05) is 35.9 Å². The average molecular weight is 453 g/mol. The fourth-order valence-corrected chi connectivity index (χ4v) is 3.95. The van der Waals surface area contributed by atoms with E-state index in [1.54, 1.807) is 47.1 Å². The highest BCUT2D eigenvalue weighted by Gasteiger charge is 2.15. The zero-order chi connectivity index (χ0) is 22.2. The minimum atomic E-state index is -3.32. The molecule has 0 unspecified atom stereocenters. The van der Waals surface area contributed by atoms with Gasteiger partial charge in [0, 0.05) is 22.4 Å². The molecule has 6 nitrogen and oxygen atoms in total. The van der Waals surface area contributed by atoms with Gasteiger partial charge in [-0.15, -0.1) is 0 Å². The highest BCUT2D eigenvalue weighted by Crippen LogP contribution is 2.30. The molecule has 4 aromatic rings. The van der Waals surface area contributed by atoms with Crippen molar-refractivity contribution in [2.45, 2.75) is 4.90 Å². The summed E-state index contributed by atoms with van der Waals surface area (Å²) in [5.74, 6) is -1.02. The van der Waals surface area contributed by atoms with Crippen LogP contribution >= 0.6 is 11.6 Å². The standard InChI is InChI=1S/C23H17ClN2O4S/c1-31(29,30)20-11-9-19(10-12-20)26-22(15-5-7-18(24)8-6-15)14-21(25-26)16-3-2-4-17(13-16)23(27)28/h2-14H,1H3,(H,27,28). The van der Waals surface area contributed by atoms with E-state index in [0.29, 0.717) is 22.0 Å². The Hall–Kier alpha value is -3.42. The second-order valence-corrected chi connectivity index (χ2v) is 9.44. The number of benzene rings is 3. The van der Waals surface area contributed by atoms with E-state index in [1.807, 2.05) is 18.2 Å². The summed E-state index contributed by atoms with van der Waals surface area (Å²) in [6.07, 6.45) is 1.16. The normalized spacial score (nSPS) is 11.4. The van der Waals surface area contributed by atoms with Gasteiger partial charge in [0.1, 0.15) is 0 Å². The summed E-state index contributed by atoms with van der Waals surface area (Å²) in [6.45, 7) is 0. The molecular formula is C23H17ClN2O4S. The highest BCUT2D eigenvalue weighted by atomic mass is 35.5. The highest BCUT2D eigenvalue weighted by molar-refractivity contribution is 7.90. The maximum atomic E-state index is 11.8. The Kier molecular flexibility index (Phi) is 5.39. The summed E-state index contributed by atoms with van der Waals surface area (Å²) in [6, 6.07) is 22.1. The van der Waals surface area contributed by atoms with E-state index in [2.05, 4.69) is 5.10 Å². The van der Waals surface area contributed by atoms with E-state index in [0.717, 1.165) is 17.5 Å². The van der Waals surface area contributed by atoms with Gasteiger partial charge < -0.3 is 5.11 Å². The van der Waals surface area contributed by atoms with E-state index >= 15 is 0 Å². The molecule has 0 aliphatic heterocycles. The van der Waals surface area contributed by atoms with Crippen molar-refractivity contribution in [2.75, 3.05) is 6.26 Å². The second-order valence-electron chi connectivity index (χ2n) is 6.99. The fraction of sp³-hybridized carbons (Fsp3) is 0.0435.